The van der Waals surface area contributed by atoms with Crippen LogP contribution in [0.5, 0.6) is 5.75 Å². The van der Waals surface area contributed by atoms with Crippen molar-refractivity contribution in [3.05, 3.63) is 53.6 Å². The molecule has 0 spiro atoms. The fourth-order valence-corrected chi connectivity index (χ4v) is 2.56. The van der Waals surface area contributed by atoms with Crippen LogP contribution in [0.25, 0.3) is 0 Å². The molecule has 7 heteroatoms. The van der Waals surface area contributed by atoms with E-state index in [-0.39, 0.29) is 5.49 Å². The highest BCUT2D eigenvalue weighted by Crippen LogP contribution is 2.27. The molecule has 1 N–H and O–H groups in total. The SMILES string of the molecule is COc1ccc(C(=O)N=c2ccccn2O)c(N2CCOCC2)c1. The van der Waals surface area contributed by atoms with Crippen LogP contribution < -0.4 is 15.1 Å². The lowest BCUT2D eigenvalue weighted by molar-refractivity contribution is 0.0986. The molecule has 7 nitrogen and oxygen atoms in total. The highest BCUT2D eigenvalue weighted by atomic mass is 16.5. The third-order valence-corrected chi connectivity index (χ3v) is 3.82. The van der Waals surface area contributed by atoms with Gasteiger partial charge in [-0.1, -0.05) is 6.07 Å². The van der Waals surface area contributed by atoms with E-state index in [0.29, 0.717) is 37.6 Å². The smallest absolute Gasteiger partial charge is 0.281 e. The van der Waals surface area contributed by atoms with Crippen LogP contribution in [-0.2, 0) is 4.74 Å². The average molecular weight is 329 g/mol. The fraction of sp³-hybridized carbons (Fsp3) is 0.294. The van der Waals surface area contributed by atoms with Gasteiger partial charge < -0.3 is 19.6 Å². The Labute approximate surface area is 139 Å². The quantitative estimate of drug-likeness (QED) is 0.859. The number of hydrogen-bond acceptors (Lipinski definition) is 5. The van der Waals surface area contributed by atoms with Gasteiger partial charge in [0.25, 0.3) is 5.91 Å². The van der Waals surface area contributed by atoms with E-state index in [2.05, 4.69) is 9.89 Å². The number of morpholine rings is 1. The molecule has 0 saturated carbocycles. The summed E-state index contributed by atoms with van der Waals surface area (Å²) in [4.78, 5) is 18.7. The van der Waals surface area contributed by atoms with E-state index in [1.165, 1.54) is 6.20 Å². The molecule has 0 unspecified atom stereocenters. The molecule has 1 aromatic heterocycles. The monoisotopic (exact) mass is 329 g/mol. The van der Waals surface area contributed by atoms with Crippen LogP contribution in [0, 0.1) is 0 Å². The molecule has 126 valence electrons. The summed E-state index contributed by atoms with van der Waals surface area (Å²) in [6.45, 7) is 2.60. The second kappa shape index (κ2) is 7.18. The van der Waals surface area contributed by atoms with Crippen LogP contribution in [-0.4, -0.2) is 49.3 Å². The van der Waals surface area contributed by atoms with E-state index in [4.69, 9.17) is 9.47 Å². The van der Waals surface area contributed by atoms with Gasteiger partial charge in [-0.2, -0.15) is 9.72 Å². The molecule has 0 aliphatic carbocycles. The van der Waals surface area contributed by atoms with E-state index in [9.17, 15) is 10.0 Å². The number of carbonyl (C=O) groups excluding carboxylic acids is 1. The van der Waals surface area contributed by atoms with E-state index >= 15 is 0 Å². The van der Waals surface area contributed by atoms with Gasteiger partial charge in [-0.15, -0.1) is 0 Å². The van der Waals surface area contributed by atoms with Crippen molar-refractivity contribution in [3.8, 4) is 5.75 Å². The second-order valence-corrected chi connectivity index (χ2v) is 5.30. The van der Waals surface area contributed by atoms with Crippen LogP contribution in [0.3, 0.4) is 0 Å². The summed E-state index contributed by atoms with van der Waals surface area (Å²) in [7, 11) is 1.59. The molecule has 1 aromatic carbocycles. The zero-order chi connectivity index (χ0) is 16.9. The Balaban J connectivity index is 2.01. The predicted molar refractivity (Wildman–Crippen MR) is 87.5 cm³/mol. The summed E-state index contributed by atoms with van der Waals surface area (Å²) in [5, 5.41) is 9.73. The first kappa shape index (κ1) is 16.1. The Morgan fingerprint density at radius 1 is 1.25 bits per heavy atom. The van der Waals surface area contributed by atoms with Crippen molar-refractivity contribution in [3.63, 3.8) is 0 Å². The third-order valence-electron chi connectivity index (χ3n) is 3.82. The second-order valence-electron chi connectivity index (χ2n) is 5.30. The maximum atomic E-state index is 12.6. The minimum Gasteiger partial charge on any atom is -0.497 e. The highest BCUT2D eigenvalue weighted by molar-refractivity contribution is 6.00. The summed E-state index contributed by atoms with van der Waals surface area (Å²) in [6, 6.07) is 10.2. The number of aromatic nitrogens is 1. The summed E-state index contributed by atoms with van der Waals surface area (Å²) >= 11 is 0. The number of pyridine rings is 1. The first-order valence-electron chi connectivity index (χ1n) is 7.66. The van der Waals surface area contributed by atoms with Gasteiger partial charge in [-0.3, -0.25) is 4.79 Å². The van der Waals surface area contributed by atoms with Gasteiger partial charge in [-0.25, -0.2) is 0 Å². The van der Waals surface area contributed by atoms with Gasteiger partial charge >= 0.3 is 0 Å². The van der Waals surface area contributed by atoms with Crippen molar-refractivity contribution >= 4 is 11.6 Å². The lowest BCUT2D eigenvalue weighted by Crippen LogP contribution is -2.37. The first-order valence-corrected chi connectivity index (χ1v) is 7.66. The minimum absolute atomic E-state index is 0.172. The van der Waals surface area contributed by atoms with Gasteiger partial charge in [0, 0.05) is 25.4 Å². The summed E-state index contributed by atoms with van der Waals surface area (Å²) in [5.74, 6) is 0.248. The number of ether oxygens (including phenoxy) is 2. The number of benzene rings is 1. The fourth-order valence-electron chi connectivity index (χ4n) is 2.56. The maximum Gasteiger partial charge on any atom is 0.281 e. The molecule has 0 bridgehead atoms. The van der Waals surface area contributed by atoms with Crippen molar-refractivity contribution < 1.29 is 19.5 Å². The summed E-state index contributed by atoms with van der Waals surface area (Å²) in [6.07, 6.45) is 1.42. The van der Waals surface area contributed by atoms with E-state index in [0.717, 1.165) is 10.4 Å². The molecule has 1 fully saturated rings. The van der Waals surface area contributed by atoms with E-state index < -0.39 is 5.91 Å². The number of anilines is 1. The molecule has 2 heterocycles. The largest absolute Gasteiger partial charge is 0.497 e. The molecule has 0 radical (unpaired) electrons. The van der Waals surface area contributed by atoms with Crippen LogP contribution in [0.4, 0.5) is 5.69 Å². The van der Waals surface area contributed by atoms with Crippen molar-refractivity contribution in [1.29, 1.82) is 0 Å². The van der Waals surface area contributed by atoms with Gasteiger partial charge in [-0.05, 0) is 24.3 Å². The molecule has 3 rings (SSSR count). The molecule has 24 heavy (non-hydrogen) atoms. The number of amides is 1. The molecule has 1 saturated heterocycles. The molecule has 2 aromatic rings. The van der Waals surface area contributed by atoms with Crippen LogP contribution >= 0.6 is 0 Å². The van der Waals surface area contributed by atoms with Crippen molar-refractivity contribution in [2.75, 3.05) is 38.3 Å². The van der Waals surface area contributed by atoms with E-state index in [1.54, 1.807) is 37.4 Å². The topological polar surface area (TPSA) is 76.3 Å². The molecular formula is C17H19N3O4. The van der Waals surface area contributed by atoms with Gasteiger partial charge in [0.05, 0.1) is 31.6 Å². The Bertz CT molecular complexity index is 794. The number of nitrogens with zero attached hydrogens (tertiary/aromatic N) is 3. The highest BCUT2D eigenvalue weighted by Gasteiger charge is 2.19. The van der Waals surface area contributed by atoms with Crippen LogP contribution in [0.1, 0.15) is 10.4 Å². The number of rotatable bonds is 3. The van der Waals surface area contributed by atoms with Gasteiger partial charge in [0.1, 0.15) is 5.75 Å². The third kappa shape index (κ3) is 3.41. The standard InChI is InChI=1S/C17H19N3O4/c1-23-13-5-6-14(15(12-13)19-8-10-24-11-9-19)17(21)18-16-4-2-3-7-20(16)22/h2-7,12,22H,8-11H2,1H3. The maximum absolute atomic E-state index is 12.6. The minimum atomic E-state index is -0.423. The molecule has 1 aliphatic heterocycles. The lowest BCUT2D eigenvalue weighted by Gasteiger charge is -2.30. The Hall–Kier alpha value is -2.80. The zero-order valence-electron chi connectivity index (χ0n) is 13.4. The van der Waals surface area contributed by atoms with Crippen molar-refractivity contribution in [2.24, 2.45) is 4.99 Å². The zero-order valence-corrected chi connectivity index (χ0v) is 13.4. The average Bonchev–Trinajstić information content (AvgIpc) is 2.63. The first-order chi connectivity index (χ1) is 11.7. The van der Waals surface area contributed by atoms with Gasteiger partial charge in [0.15, 0.2) is 5.49 Å². The summed E-state index contributed by atoms with van der Waals surface area (Å²) < 4.78 is 11.5. The Kier molecular flexibility index (Phi) is 4.81. The molecule has 1 amide bonds. The van der Waals surface area contributed by atoms with E-state index in [1.807, 2.05) is 6.07 Å². The normalized spacial score (nSPS) is 15.4. The number of methoxy groups -OCH3 is 1. The number of carbonyl (C=O) groups is 1. The van der Waals surface area contributed by atoms with Crippen molar-refractivity contribution in [1.82, 2.24) is 4.73 Å². The number of hydrogen-bond donors (Lipinski definition) is 1. The van der Waals surface area contributed by atoms with Gasteiger partial charge in [0.2, 0.25) is 0 Å². The lowest BCUT2D eigenvalue weighted by atomic mass is 10.1. The molecular weight excluding hydrogens is 310 g/mol. The van der Waals surface area contributed by atoms with Crippen LogP contribution in [0.15, 0.2) is 47.6 Å². The molecule has 1 aliphatic rings. The Morgan fingerprint density at radius 3 is 2.75 bits per heavy atom. The summed E-state index contributed by atoms with van der Waals surface area (Å²) in [5.41, 5.74) is 1.39. The predicted octanol–water partition coefficient (Wildman–Crippen LogP) is 1.31. The molecule has 0 atom stereocenters. The van der Waals surface area contributed by atoms with Crippen LogP contribution in [0.2, 0.25) is 0 Å². The van der Waals surface area contributed by atoms with Crippen molar-refractivity contribution in [2.45, 2.75) is 0 Å². The Morgan fingerprint density at radius 2 is 2.04 bits per heavy atom.